The van der Waals surface area contributed by atoms with Gasteiger partial charge in [-0.15, -0.1) is 0 Å². The van der Waals surface area contributed by atoms with E-state index in [-0.39, 0.29) is 0 Å². The molecule has 2 N–H and O–H groups in total. The Labute approximate surface area is 255 Å². The van der Waals surface area contributed by atoms with Crippen molar-refractivity contribution >= 4 is 11.4 Å². The molecule has 2 aromatic rings. The third-order valence-electron chi connectivity index (χ3n) is 8.60. The first-order valence-corrected chi connectivity index (χ1v) is 17.7. The van der Waals surface area contributed by atoms with Gasteiger partial charge in [0.15, 0.2) is 0 Å². The second-order valence-electron chi connectivity index (χ2n) is 12.5. The number of nitrogens with one attached hydrogen (secondary N) is 2. The lowest BCUT2D eigenvalue weighted by Gasteiger charge is -2.22. The maximum atomic E-state index is 3.64. The smallest absolute Gasteiger partial charge is 0.0340 e. The van der Waals surface area contributed by atoms with Gasteiger partial charge in [-0.05, 0) is 79.3 Å². The second kappa shape index (κ2) is 23.6. The zero-order valence-corrected chi connectivity index (χ0v) is 27.5. The number of benzene rings is 2. The van der Waals surface area contributed by atoms with E-state index in [9.17, 15) is 0 Å². The van der Waals surface area contributed by atoms with Crippen LogP contribution in [-0.4, -0.2) is 13.1 Å². The van der Waals surface area contributed by atoms with Crippen molar-refractivity contribution in [1.82, 2.24) is 0 Å². The van der Waals surface area contributed by atoms with Gasteiger partial charge in [-0.25, -0.2) is 0 Å². The molecule has 0 fully saturated rings. The molecule has 0 spiro atoms. The van der Waals surface area contributed by atoms with E-state index in [1.54, 1.807) is 0 Å². The minimum atomic E-state index is 0.469. The molecule has 0 saturated heterocycles. The van der Waals surface area contributed by atoms with Crippen molar-refractivity contribution in [1.29, 1.82) is 0 Å². The third-order valence-corrected chi connectivity index (χ3v) is 8.60. The van der Waals surface area contributed by atoms with Crippen molar-refractivity contribution in [2.24, 2.45) is 5.92 Å². The molecule has 0 aliphatic rings. The van der Waals surface area contributed by atoms with Crippen molar-refractivity contribution in [3.63, 3.8) is 0 Å². The monoisotopic (exact) mass is 562 g/mol. The van der Waals surface area contributed by atoms with Gasteiger partial charge in [0.2, 0.25) is 0 Å². The predicted octanol–water partition coefficient (Wildman–Crippen LogP) is 12.4. The fraction of sp³-hybridized carbons (Fsp3) is 0.667. The zero-order chi connectivity index (χ0) is 29.4. The van der Waals surface area contributed by atoms with Gasteiger partial charge in [0, 0.05) is 24.5 Å². The third kappa shape index (κ3) is 16.9. The number of rotatable bonds is 26. The van der Waals surface area contributed by atoms with E-state index in [4.69, 9.17) is 0 Å². The Morgan fingerprint density at radius 3 is 1.49 bits per heavy atom. The molecule has 231 valence electrons. The second-order valence-corrected chi connectivity index (χ2v) is 12.5. The normalized spacial score (nSPS) is 12.8. The quantitative estimate of drug-likeness (QED) is 0.112. The van der Waals surface area contributed by atoms with Gasteiger partial charge in [-0.1, -0.05) is 142 Å². The van der Waals surface area contributed by atoms with E-state index in [2.05, 4.69) is 93.3 Å². The Kier molecular flexibility index (Phi) is 20.3. The van der Waals surface area contributed by atoms with Crippen LogP contribution in [0.2, 0.25) is 0 Å². The molecule has 0 bridgehead atoms. The number of hydrogen-bond acceptors (Lipinski definition) is 2. The molecule has 0 aliphatic carbocycles. The van der Waals surface area contributed by atoms with Gasteiger partial charge in [0.05, 0.1) is 0 Å². The minimum absolute atomic E-state index is 0.469. The molecular formula is C39H65N2. The van der Waals surface area contributed by atoms with Crippen LogP contribution < -0.4 is 10.6 Å². The summed E-state index contributed by atoms with van der Waals surface area (Å²) in [5, 5.41) is 7.27. The molecule has 2 aromatic carbocycles. The summed E-state index contributed by atoms with van der Waals surface area (Å²) in [4.78, 5) is 0. The summed E-state index contributed by atoms with van der Waals surface area (Å²) in [6, 6.07) is 18.5. The molecule has 1 radical (unpaired) electrons. The first-order valence-electron chi connectivity index (χ1n) is 17.7. The summed E-state index contributed by atoms with van der Waals surface area (Å²) in [5.74, 6) is 1.09. The van der Waals surface area contributed by atoms with E-state index >= 15 is 0 Å². The Balaban J connectivity index is 1.81. The van der Waals surface area contributed by atoms with E-state index in [1.165, 1.54) is 132 Å². The van der Waals surface area contributed by atoms with Crippen LogP contribution in [0.15, 0.2) is 48.5 Å². The van der Waals surface area contributed by atoms with E-state index in [0.29, 0.717) is 11.8 Å². The Hall–Kier alpha value is -1.96. The Morgan fingerprint density at radius 1 is 0.537 bits per heavy atom. The largest absolute Gasteiger partial charge is 0.385 e. The molecule has 0 aliphatic heterocycles. The molecule has 2 atom stereocenters. The lowest BCUT2D eigenvalue weighted by atomic mass is 9.83. The first-order chi connectivity index (χ1) is 20.2. The molecule has 2 heteroatoms. The molecule has 2 nitrogen and oxygen atoms in total. The summed E-state index contributed by atoms with van der Waals surface area (Å²) in [5.41, 5.74) is 5.43. The van der Waals surface area contributed by atoms with Gasteiger partial charge < -0.3 is 10.6 Å². The van der Waals surface area contributed by atoms with Crippen molar-refractivity contribution in [2.45, 2.75) is 149 Å². The highest BCUT2D eigenvalue weighted by atomic mass is 14.9. The lowest BCUT2D eigenvalue weighted by molar-refractivity contribution is 0.480. The minimum Gasteiger partial charge on any atom is -0.385 e. The van der Waals surface area contributed by atoms with Crippen LogP contribution in [0.4, 0.5) is 11.4 Å². The number of anilines is 2. The van der Waals surface area contributed by atoms with Crippen LogP contribution in [0.1, 0.15) is 154 Å². The maximum absolute atomic E-state index is 3.64. The highest BCUT2D eigenvalue weighted by molar-refractivity contribution is 5.46. The number of hydrogen-bond donors (Lipinski definition) is 2. The standard InChI is InChI=1S/C39H65N2/c1-5-8-11-14-16-19-30-40-38-26-22-35(23-27-38)33-36(21-18-13-10-7-3)32-34(4)37-24-28-39(29-25-37)41-31-20-17-15-12-9-6-2/h22-29,32,34,36,40-41H,5-21,30-31,33H2,1-4H3. The highest BCUT2D eigenvalue weighted by Gasteiger charge is 2.16. The van der Waals surface area contributed by atoms with Crippen molar-refractivity contribution in [3.8, 4) is 0 Å². The van der Waals surface area contributed by atoms with Gasteiger partial charge in [0.1, 0.15) is 0 Å². The summed E-state index contributed by atoms with van der Waals surface area (Å²) in [7, 11) is 0. The molecule has 2 rings (SSSR count). The summed E-state index contributed by atoms with van der Waals surface area (Å²) in [6.07, 6.45) is 26.6. The summed E-state index contributed by atoms with van der Waals surface area (Å²) in [6.45, 7) is 11.4. The molecule has 0 amide bonds. The van der Waals surface area contributed by atoms with Crippen molar-refractivity contribution in [2.75, 3.05) is 23.7 Å². The molecule has 0 saturated carbocycles. The first kappa shape index (κ1) is 35.2. The molecule has 41 heavy (non-hydrogen) atoms. The van der Waals surface area contributed by atoms with Gasteiger partial charge >= 0.3 is 0 Å². The Bertz CT molecular complexity index is 841. The average Bonchev–Trinajstić information content (AvgIpc) is 2.99. The maximum Gasteiger partial charge on any atom is 0.0340 e. The van der Waals surface area contributed by atoms with Crippen molar-refractivity contribution in [3.05, 3.63) is 66.1 Å². The van der Waals surface area contributed by atoms with Crippen LogP contribution in [0.25, 0.3) is 0 Å². The molecule has 2 unspecified atom stereocenters. The van der Waals surface area contributed by atoms with Crippen LogP contribution in [0.3, 0.4) is 0 Å². The van der Waals surface area contributed by atoms with Crippen LogP contribution in [0, 0.1) is 12.3 Å². The van der Waals surface area contributed by atoms with E-state index in [0.717, 1.165) is 19.5 Å². The average molecular weight is 562 g/mol. The lowest BCUT2D eigenvalue weighted by Crippen LogP contribution is -2.11. The zero-order valence-electron chi connectivity index (χ0n) is 27.5. The van der Waals surface area contributed by atoms with E-state index in [1.807, 2.05) is 0 Å². The fourth-order valence-electron chi connectivity index (χ4n) is 5.86. The van der Waals surface area contributed by atoms with Gasteiger partial charge in [0.25, 0.3) is 0 Å². The Morgan fingerprint density at radius 2 is 0.976 bits per heavy atom. The van der Waals surface area contributed by atoms with Gasteiger partial charge in [-0.3, -0.25) is 0 Å². The molecular weight excluding hydrogens is 496 g/mol. The summed E-state index contributed by atoms with van der Waals surface area (Å²) < 4.78 is 0. The van der Waals surface area contributed by atoms with Crippen LogP contribution in [0.5, 0.6) is 0 Å². The van der Waals surface area contributed by atoms with Gasteiger partial charge in [-0.2, -0.15) is 0 Å². The van der Waals surface area contributed by atoms with E-state index < -0.39 is 0 Å². The van der Waals surface area contributed by atoms with Crippen LogP contribution >= 0.6 is 0 Å². The van der Waals surface area contributed by atoms with Crippen molar-refractivity contribution < 1.29 is 0 Å². The topological polar surface area (TPSA) is 24.1 Å². The molecule has 0 aromatic heterocycles. The predicted molar refractivity (Wildman–Crippen MR) is 185 cm³/mol. The van der Waals surface area contributed by atoms with Crippen LogP contribution in [-0.2, 0) is 6.42 Å². The number of unbranched alkanes of at least 4 members (excludes halogenated alkanes) is 13. The SMILES string of the molecule is CCCCCCCCNc1ccc(CC([CH]C(C)c2ccc(NCCCCCCCC)cc2)CCCCCC)cc1. The molecule has 0 heterocycles. The summed E-state index contributed by atoms with van der Waals surface area (Å²) >= 11 is 0. The highest BCUT2D eigenvalue weighted by Crippen LogP contribution is 2.29. The fourth-order valence-corrected chi connectivity index (χ4v) is 5.86.